The van der Waals surface area contributed by atoms with Crippen LogP contribution in [-0.4, -0.2) is 20.8 Å². The molecule has 2 N–H and O–H groups in total. The van der Waals surface area contributed by atoms with Crippen LogP contribution in [0.25, 0.3) is 0 Å². The molecule has 0 radical (unpaired) electrons. The molecular formula is C15H23N5OS. The molecule has 2 aromatic heterocycles. The first-order valence-electron chi connectivity index (χ1n) is 7.39. The van der Waals surface area contributed by atoms with Crippen molar-refractivity contribution >= 4 is 17.4 Å². The van der Waals surface area contributed by atoms with Gasteiger partial charge in [0.15, 0.2) is 0 Å². The summed E-state index contributed by atoms with van der Waals surface area (Å²) >= 11 is 1.58. The molecule has 0 bridgehead atoms. The molecule has 2 aromatic rings. The van der Waals surface area contributed by atoms with Gasteiger partial charge in [0.2, 0.25) is 0 Å². The summed E-state index contributed by atoms with van der Waals surface area (Å²) in [6.45, 7) is 7.90. The van der Waals surface area contributed by atoms with Gasteiger partial charge in [-0.2, -0.15) is 5.10 Å². The SMILES string of the molecule is CC[C@H](NC(=O)N[C@@H](C)c1cn(C)nc1C)c1nc(C)cs1. The Kier molecular flexibility index (Phi) is 5.18. The van der Waals surface area contributed by atoms with E-state index in [1.165, 1.54) is 0 Å². The van der Waals surface area contributed by atoms with E-state index in [4.69, 9.17) is 0 Å². The zero-order valence-electron chi connectivity index (χ0n) is 13.7. The smallest absolute Gasteiger partial charge is 0.315 e. The maximum Gasteiger partial charge on any atom is 0.315 e. The van der Waals surface area contributed by atoms with Crippen LogP contribution in [0.5, 0.6) is 0 Å². The molecule has 2 amide bonds. The summed E-state index contributed by atoms with van der Waals surface area (Å²) in [5.74, 6) is 0. The second-order valence-corrected chi connectivity index (χ2v) is 6.36. The number of aromatic nitrogens is 3. The van der Waals surface area contributed by atoms with E-state index in [-0.39, 0.29) is 18.1 Å². The van der Waals surface area contributed by atoms with Crippen LogP contribution in [0.2, 0.25) is 0 Å². The topological polar surface area (TPSA) is 71.8 Å². The van der Waals surface area contributed by atoms with E-state index in [0.29, 0.717) is 0 Å². The average Bonchev–Trinajstić information content (AvgIpc) is 3.01. The Hall–Kier alpha value is -1.89. The van der Waals surface area contributed by atoms with Crippen LogP contribution in [0.4, 0.5) is 4.79 Å². The van der Waals surface area contributed by atoms with Gasteiger partial charge in [-0.15, -0.1) is 11.3 Å². The number of hydrogen-bond donors (Lipinski definition) is 2. The lowest BCUT2D eigenvalue weighted by Crippen LogP contribution is -2.39. The summed E-state index contributed by atoms with van der Waals surface area (Å²) in [6, 6.07) is -0.333. The van der Waals surface area contributed by atoms with E-state index in [2.05, 4.69) is 20.7 Å². The first-order chi connectivity index (χ1) is 10.4. The Morgan fingerprint density at radius 3 is 2.64 bits per heavy atom. The number of rotatable bonds is 5. The maximum absolute atomic E-state index is 12.2. The molecule has 6 nitrogen and oxygen atoms in total. The summed E-state index contributed by atoms with van der Waals surface area (Å²) in [5.41, 5.74) is 2.94. The molecule has 7 heteroatoms. The lowest BCUT2D eigenvalue weighted by molar-refractivity contribution is 0.233. The molecule has 22 heavy (non-hydrogen) atoms. The summed E-state index contributed by atoms with van der Waals surface area (Å²) in [6.07, 6.45) is 2.74. The molecule has 0 saturated heterocycles. The molecule has 0 fully saturated rings. The van der Waals surface area contributed by atoms with Crippen LogP contribution in [0.15, 0.2) is 11.6 Å². The molecule has 2 rings (SSSR count). The van der Waals surface area contributed by atoms with Gasteiger partial charge in [-0.3, -0.25) is 4.68 Å². The van der Waals surface area contributed by atoms with Gasteiger partial charge < -0.3 is 10.6 Å². The van der Waals surface area contributed by atoms with E-state index in [1.54, 1.807) is 16.0 Å². The zero-order chi connectivity index (χ0) is 16.3. The molecule has 120 valence electrons. The van der Waals surface area contributed by atoms with Crippen LogP contribution in [0, 0.1) is 13.8 Å². The highest BCUT2D eigenvalue weighted by atomic mass is 32.1. The minimum absolute atomic E-state index is 0.0547. The minimum atomic E-state index is -0.185. The number of nitrogens with zero attached hydrogens (tertiary/aromatic N) is 3. The molecular weight excluding hydrogens is 298 g/mol. The van der Waals surface area contributed by atoms with Crippen molar-refractivity contribution in [1.29, 1.82) is 0 Å². The Labute approximate surface area is 135 Å². The van der Waals surface area contributed by atoms with E-state index < -0.39 is 0 Å². The molecule has 0 aromatic carbocycles. The highest BCUT2D eigenvalue weighted by Gasteiger charge is 2.18. The van der Waals surface area contributed by atoms with Crippen molar-refractivity contribution in [2.24, 2.45) is 7.05 Å². The Morgan fingerprint density at radius 2 is 2.14 bits per heavy atom. The van der Waals surface area contributed by atoms with Crippen LogP contribution >= 0.6 is 11.3 Å². The van der Waals surface area contributed by atoms with Gasteiger partial charge in [-0.05, 0) is 27.2 Å². The fourth-order valence-electron chi connectivity index (χ4n) is 2.39. The number of urea groups is 1. The molecule has 2 heterocycles. The lowest BCUT2D eigenvalue weighted by atomic mass is 10.1. The van der Waals surface area contributed by atoms with Crippen LogP contribution in [-0.2, 0) is 7.05 Å². The van der Waals surface area contributed by atoms with E-state index >= 15 is 0 Å². The third-order valence-corrected chi connectivity index (χ3v) is 4.59. The predicted octanol–water partition coefficient (Wildman–Crippen LogP) is 3.00. The van der Waals surface area contributed by atoms with Crippen molar-refractivity contribution in [2.75, 3.05) is 0 Å². The van der Waals surface area contributed by atoms with Crippen molar-refractivity contribution in [2.45, 2.75) is 46.2 Å². The van der Waals surface area contributed by atoms with E-state index in [9.17, 15) is 4.79 Å². The van der Waals surface area contributed by atoms with Crippen molar-refractivity contribution in [3.05, 3.63) is 33.5 Å². The van der Waals surface area contributed by atoms with Crippen molar-refractivity contribution < 1.29 is 4.79 Å². The Bertz CT molecular complexity index is 648. The monoisotopic (exact) mass is 321 g/mol. The fraction of sp³-hybridized carbons (Fsp3) is 0.533. The van der Waals surface area contributed by atoms with E-state index in [1.807, 2.05) is 46.3 Å². The Morgan fingerprint density at radius 1 is 1.41 bits per heavy atom. The van der Waals surface area contributed by atoms with Crippen LogP contribution in [0.3, 0.4) is 0 Å². The van der Waals surface area contributed by atoms with Crippen LogP contribution < -0.4 is 10.6 Å². The van der Waals surface area contributed by atoms with Crippen LogP contribution in [0.1, 0.15) is 54.3 Å². The largest absolute Gasteiger partial charge is 0.332 e. The summed E-state index contributed by atoms with van der Waals surface area (Å²) < 4.78 is 1.76. The first-order valence-corrected chi connectivity index (χ1v) is 8.27. The van der Waals surface area contributed by atoms with Gasteiger partial charge >= 0.3 is 6.03 Å². The van der Waals surface area contributed by atoms with Gasteiger partial charge in [0.1, 0.15) is 5.01 Å². The summed E-state index contributed by atoms with van der Waals surface area (Å²) in [4.78, 5) is 16.7. The minimum Gasteiger partial charge on any atom is -0.332 e. The molecule has 0 saturated carbocycles. The number of nitrogens with one attached hydrogen (secondary N) is 2. The van der Waals surface area contributed by atoms with Gasteiger partial charge in [0, 0.05) is 29.9 Å². The number of carbonyl (C=O) groups excluding carboxylic acids is 1. The standard InChI is InChI=1S/C15H23N5OS/c1-6-13(14-16-9(2)8-22-14)18-15(21)17-10(3)12-7-20(5)19-11(12)4/h7-8,10,13H,6H2,1-5H3,(H2,17,18,21)/t10-,13-/m0/s1. The number of carbonyl (C=O) groups is 1. The molecule has 0 unspecified atom stereocenters. The second-order valence-electron chi connectivity index (χ2n) is 5.47. The number of aryl methyl sites for hydroxylation is 3. The zero-order valence-corrected chi connectivity index (χ0v) is 14.5. The molecule has 0 aliphatic rings. The van der Waals surface area contributed by atoms with Crippen molar-refractivity contribution in [1.82, 2.24) is 25.4 Å². The first kappa shape index (κ1) is 16.5. The molecule has 2 atom stereocenters. The molecule has 0 aliphatic carbocycles. The van der Waals surface area contributed by atoms with Gasteiger partial charge in [0.05, 0.1) is 17.8 Å². The van der Waals surface area contributed by atoms with Crippen molar-refractivity contribution in [3.8, 4) is 0 Å². The lowest BCUT2D eigenvalue weighted by Gasteiger charge is -2.18. The predicted molar refractivity (Wildman–Crippen MR) is 87.9 cm³/mol. The second kappa shape index (κ2) is 6.91. The number of hydrogen-bond acceptors (Lipinski definition) is 4. The van der Waals surface area contributed by atoms with E-state index in [0.717, 1.165) is 28.4 Å². The average molecular weight is 321 g/mol. The number of amides is 2. The highest BCUT2D eigenvalue weighted by molar-refractivity contribution is 7.09. The fourth-order valence-corrected chi connectivity index (χ4v) is 3.32. The van der Waals surface area contributed by atoms with Crippen molar-refractivity contribution in [3.63, 3.8) is 0 Å². The third kappa shape index (κ3) is 3.85. The quantitative estimate of drug-likeness (QED) is 0.889. The molecule has 0 aliphatic heterocycles. The van der Waals surface area contributed by atoms with Gasteiger partial charge in [-0.25, -0.2) is 9.78 Å². The highest BCUT2D eigenvalue weighted by Crippen LogP contribution is 2.21. The Balaban J connectivity index is 1.98. The van der Waals surface area contributed by atoms with Gasteiger partial charge in [0.25, 0.3) is 0 Å². The van der Waals surface area contributed by atoms with Gasteiger partial charge in [-0.1, -0.05) is 6.92 Å². The number of thiazole rings is 1. The maximum atomic E-state index is 12.2. The molecule has 0 spiro atoms. The normalized spacial score (nSPS) is 13.7. The third-order valence-electron chi connectivity index (χ3n) is 3.51. The summed E-state index contributed by atoms with van der Waals surface area (Å²) in [7, 11) is 1.88. The summed E-state index contributed by atoms with van der Waals surface area (Å²) in [5, 5.41) is 13.2.